The van der Waals surface area contributed by atoms with Gasteiger partial charge in [-0.3, -0.25) is 19.2 Å². The third-order valence-electron chi connectivity index (χ3n) is 6.99. The highest BCUT2D eigenvalue weighted by Crippen LogP contribution is 2.31. The van der Waals surface area contributed by atoms with Gasteiger partial charge in [0.2, 0.25) is 11.8 Å². The molecule has 0 bridgehead atoms. The van der Waals surface area contributed by atoms with Crippen molar-refractivity contribution in [2.24, 2.45) is 17.6 Å². The minimum Gasteiger partial charge on any atom is -0.378 e. The smallest absolute Gasteiger partial charge is 0.251 e. The molecule has 4 atom stereocenters. The Hall–Kier alpha value is -2.94. The molecule has 2 heterocycles. The lowest BCUT2D eigenvalue weighted by atomic mass is 10.0. The van der Waals surface area contributed by atoms with E-state index in [1.54, 1.807) is 21.9 Å². The van der Waals surface area contributed by atoms with Crippen molar-refractivity contribution in [2.75, 3.05) is 32.1 Å². The first kappa shape index (κ1) is 27.6. The topological polar surface area (TPSA) is 116 Å². The third-order valence-corrected chi connectivity index (χ3v) is 6.99. The Labute approximate surface area is 214 Å². The van der Waals surface area contributed by atoms with Crippen LogP contribution >= 0.6 is 0 Å². The predicted octanol–water partition coefficient (Wildman–Crippen LogP) is 1.65. The molecule has 3 N–H and O–H groups in total. The predicted molar refractivity (Wildman–Crippen MR) is 140 cm³/mol. The van der Waals surface area contributed by atoms with Gasteiger partial charge in [-0.25, -0.2) is 0 Å². The molecule has 0 aliphatic carbocycles. The maximum atomic E-state index is 13.7. The van der Waals surface area contributed by atoms with Crippen LogP contribution in [-0.2, 0) is 14.4 Å². The molecular formula is C27H41N5O4. The van der Waals surface area contributed by atoms with E-state index in [0.717, 1.165) is 5.69 Å². The number of nitrogens with one attached hydrogen (secondary N) is 1. The molecule has 0 spiro atoms. The molecule has 0 saturated carbocycles. The van der Waals surface area contributed by atoms with Crippen LogP contribution in [0.2, 0.25) is 0 Å². The van der Waals surface area contributed by atoms with Gasteiger partial charge in [-0.2, -0.15) is 0 Å². The van der Waals surface area contributed by atoms with E-state index in [2.05, 4.69) is 5.32 Å². The Morgan fingerprint density at radius 1 is 1.00 bits per heavy atom. The highest BCUT2D eigenvalue weighted by atomic mass is 16.2. The standard InChI is InChI=1S/C27H41N5O4/c1-16(2)13-20(28)26(35)32-15-23(33)24-22(32)11-12-31(24)27(36)21(14-17(3)4)29-25(34)18-7-9-19(10-8-18)30(5)6/h7-10,16-17,20-22,24H,11-15,28H2,1-6H3,(H,29,34)/t20-,21+,22-,24+/m1/s1. The van der Waals surface area contributed by atoms with Crippen molar-refractivity contribution in [3.05, 3.63) is 29.8 Å². The monoisotopic (exact) mass is 499 g/mol. The van der Waals surface area contributed by atoms with Gasteiger partial charge in [-0.15, -0.1) is 0 Å². The van der Waals surface area contributed by atoms with Crippen molar-refractivity contribution in [3.8, 4) is 0 Å². The molecule has 0 unspecified atom stereocenters. The molecule has 1 aromatic rings. The molecule has 3 amide bonds. The fourth-order valence-electron chi connectivity index (χ4n) is 5.23. The first-order chi connectivity index (χ1) is 16.9. The quantitative estimate of drug-likeness (QED) is 0.534. The number of carbonyl (C=O) groups is 4. The second-order valence-corrected chi connectivity index (χ2v) is 11.1. The molecule has 2 aliphatic heterocycles. The Balaban J connectivity index is 1.74. The van der Waals surface area contributed by atoms with E-state index in [1.807, 2.05) is 58.8 Å². The molecular weight excluding hydrogens is 458 g/mol. The van der Waals surface area contributed by atoms with Crippen LogP contribution < -0.4 is 16.0 Å². The number of amides is 3. The van der Waals surface area contributed by atoms with Gasteiger partial charge in [0.25, 0.3) is 5.91 Å². The zero-order valence-corrected chi connectivity index (χ0v) is 22.4. The SMILES string of the molecule is CC(C)C[C@@H](N)C(=O)N1CC(=O)[C@@H]2[C@H]1CCN2C(=O)[C@H](CC(C)C)NC(=O)c1ccc(N(C)C)cc1. The van der Waals surface area contributed by atoms with Crippen molar-refractivity contribution in [1.29, 1.82) is 0 Å². The molecule has 198 valence electrons. The molecule has 9 nitrogen and oxygen atoms in total. The summed E-state index contributed by atoms with van der Waals surface area (Å²) in [5.74, 6) is -0.566. The fourth-order valence-corrected chi connectivity index (χ4v) is 5.23. The lowest BCUT2D eigenvalue weighted by molar-refractivity contribution is -0.138. The summed E-state index contributed by atoms with van der Waals surface area (Å²) in [6.45, 7) is 8.32. The summed E-state index contributed by atoms with van der Waals surface area (Å²) in [5, 5.41) is 2.90. The molecule has 36 heavy (non-hydrogen) atoms. The number of hydrogen-bond donors (Lipinski definition) is 2. The summed E-state index contributed by atoms with van der Waals surface area (Å²) in [5.41, 5.74) is 7.56. The van der Waals surface area contributed by atoms with Crippen LogP contribution in [0.1, 0.15) is 57.3 Å². The average molecular weight is 500 g/mol. The van der Waals surface area contributed by atoms with Crippen LogP contribution in [0.5, 0.6) is 0 Å². The molecule has 2 aliphatic rings. The van der Waals surface area contributed by atoms with Crippen LogP contribution in [0.25, 0.3) is 0 Å². The van der Waals surface area contributed by atoms with Gasteiger partial charge in [0, 0.05) is 31.9 Å². The summed E-state index contributed by atoms with van der Waals surface area (Å²) in [7, 11) is 3.85. The van der Waals surface area contributed by atoms with Crippen molar-refractivity contribution >= 4 is 29.2 Å². The number of anilines is 1. The van der Waals surface area contributed by atoms with Crippen molar-refractivity contribution in [3.63, 3.8) is 0 Å². The third kappa shape index (κ3) is 6.06. The number of carbonyl (C=O) groups excluding carboxylic acids is 4. The van der Waals surface area contributed by atoms with Gasteiger partial charge in [0.05, 0.1) is 18.6 Å². The largest absolute Gasteiger partial charge is 0.378 e. The number of fused-ring (bicyclic) bond motifs is 1. The van der Waals surface area contributed by atoms with E-state index in [-0.39, 0.29) is 47.9 Å². The van der Waals surface area contributed by atoms with Crippen LogP contribution in [0.15, 0.2) is 24.3 Å². The Morgan fingerprint density at radius 2 is 1.61 bits per heavy atom. The van der Waals surface area contributed by atoms with Crippen molar-refractivity contribution in [1.82, 2.24) is 15.1 Å². The molecule has 3 rings (SSSR count). The van der Waals surface area contributed by atoms with Crippen molar-refractivity contribution in [2.45, 2.75) is 71.1 Å². The maximum Gasteiger partial charge on any atom is 0.251 e. The van der Waals surface area contributed by atoms with Crippen LogP contribution in [0.3, 0.4) is 0 Å². The zero-order valence-electron chi connectivity index (χ0n) is 22.4. The summed E-state index contributed by atoms with van der Waals surface area (Å²) in [6, 6.07) is 4.71. The van der Waals surface area contributed by atoms with E-state index in [4.69, 9.17) is 5.73 Å². The van der Waals surface area contributed by atoms with Gasteiger partial charge in [0.15, 0.2) is 5.78 Å². The normalized spacial score (nSPS) is 21.1. The second-order valence-electron chi connectivity index (χ2n) is 11.1. The minimum atomic E-state index is -0.759. The first-order valence-electron chi connectivity index (χ1n) is 12.9. The van der Waals surface area contributed by atoms with Gasteiger partial charge in [0.1, 0.15) is 12.1 Å². The number of benzene rings is 1. The maximum absolute atomic E-state index is 13.7. The number of nitrogens with zero attached hydrogens (tertiary/aromatic N) is 3. The van der Waals surface area contributed by atoms with Gasteiger partial charge >= 0.3 is 0 Å². The molecule has 2 fully saturated rings. The summed E-state index contributed by atoms with van der Waals surface area (Å²) < 4.78 is 0. The number of ketones is 1. The van der Waals surface area contributed by atoms with Crippen molar-refractivity contribution < 1.29 is 19.2 Å². The zero-order chi connectivity index (χ0) is 26.7. The van der Waals surface area contributed by atoms with Crippen LogP contribution in [0.4, 0.5) is 5.69 Å². The highest BCUT2D eigenvalue weighted by Gasteiger charge is 2.52. The van der Waals surface area contributed by atoms with Crippen LogP contribution in [-0.4, -0.2) is 84.7 Å². The number of likely N-dealkylation sites (tertiary alicyclic amines) is 2. The number of hydrogen-bond acceptors (Lipinski definition) is 6. The van der Waals surface area contributed by atoms with Gasteiger partial charge in [-0.1, -0.05) is 27.7 Å². The lowest BCUT2D eigenvalue weighted by Crippen LogP contribution is -2.53. The second kappa shape index (κ2) is 11.4. The Morgan fingerprint density at radius 3 is 2.17 bits per heavy atom. The fraction of sp³-hybridized carbons (Fsp3) is 0.630. The average Bonchev–Trinajstić information content (AvgIpc) is 3.38. The minimum absolute atomic E-state index is 0.0246. The lowest BCUT2D eigenvalue weighted by Gasteiger charge is -2.29. The molecule has 1 aromatic carbocycles. The number of nitrogens with two attached hydrogens (primary N) is 1. The van der Waals surface area contributed by atoms with E-state index in [9.17, 15) is 19.2 Å². The van der Waals surface area contributed by atoms with Gasteiger partial charge < -0.3 is 25.8 Å². The summed E-state index contributed by atoms with van der Waals surface area (Å²) in [4.78, 5) is 57.7. The highest BCUT2D eigenvalue weighted by molar-refractivity contribution is 6.01. The van der Waals surface area contributed by atoms with E-state index >= 15 is 0 Å². The van der Waals surface area contributed by atoms with Gasteiger partial charge in [-0.05, 0) is 55.4 Å². The molecule has 9 heteroatoms. The van der Waals surface area contributed by atoms with Crippen LogP contribution in [0, 0.1) is 11.8 Å². The molecule has 2 saturated heterocycles. The van der Waals surface area contributed by atoms with E-state index < -0.39 is 18.1 Å². The number of rotatable bonds is 9. The van der Waals surface area contributed by atoms with E-state index in [0.29, 0.717) is 31.4 Å². The molecule has 0 aromatic heterocycles. The number of Topliss-reactive ketones (excluding diaryl/α,β-unsaturated/α-hetero) is 1. The molecule has 0 radical (unpaired) electrons. The Kier molecular flexibility index (Phi) is 8.76. The first-order valence-corrected chi connectivity index (χ1v) is 12.9. The summed E-state index contributed by atoms with van der Waals surface area (Å²) >= 11 is 0. The Bertz CT molecular complexity index is 975. The summed E-state index contributed by atoms with van der Waals surface area (Å²) in [6.07, 6.45) is 1.52. The van der Waals surface area contributed by atoms with E-state index in [1.165, 1.54) is 0 Å².